The molecule has 0 bridgehead atoms. The summed E-state index contributed by atoms with van der Waals surface area (Å²) in [6.45, 7) is 4.25. The van der Waals surface area contributed by atoms with E-state index in [2.05, 4.69) is 42.2 Å². The molecule has 5 heteroatoms. The number of nitrogens with two attached hydrogens (primary N) is 1. The molecule has 0 atom stereocenters. The molecule has 2 rings (SSSR count). The Labute approximate surface area is 103 Å². The van der Waals surface area contributed by atoms with Crippen LogP contribution in [-0.2, 0) is 5.75 Å². The van der Waals surface area contributed by atoms with Gasteiger partial charge in [0.2, 0.25) is 5.13 Å². The van der Waals surface area contributed by atoms with Gasteiger partial charge in [0, 0.05) is 4.90 Å². The SMILES string of the molecule is Cc1ccc(SCc2nnc(N)s2)cc1C. The fraction of sp³-hybridized carbons (Fsp3) is 0.273. The molecule has 16 heavy (non-hydrogen) atoms. The molecule has 0 amide bonds. The monoisotopic (exact) mass is 251 g/mol. The lowest BCUT2D eigenvalue weighted by atomic mass is 10.1. The lowest BCUT2D eigenvalue weighted by molar-refractivity contribution is 1.05. The van der Waals surface area contributed by atoms with Gasteiger partial charge in [0.25, 0.3) is 0 Å². The zero-order valence-corrected chi connectivity index (χ0v) is 10.9. The van der Waals surface area contributed by atoms with Gasteiger partial charge in [0.05, 0.1) is 5.75 Å². The third-order valence-electron chi connectivity index (χ3n) is 2.32. The van der Waals surface area contributed by atoms with Gasteiger partial charge in [-0.05, 0) is 37.1 Å². The summed E-state index contributed by atoms with van der Waals surface area (Å²) in [5.41, 5.74) is 8.17. The Bertz CT molecular complexity index is 494. The van der Waals surface area contributed by atoms with Gasteiger partial charge < -0.3 is 5.73 Å². The molecular weight excluding hydrogens is 238 g/mol. The second-order valence-corrected chi connectivity index (χ2v) is 5.71. The predicted octanol–water partition coefficient (Wildman–Crippen LogP) is 3.03. The van der Waals surface area contributed by atoms with Crippen molar-refractivity contribution in [1.82, 2.24) is 10.2 Å². The molecule has 0 unspecified atom stereocenters. The second kappa shape index (κ2) is 4.84. The molecule has 2 N–H and O–H groups in total. The number of hydrogen-bond donors (Lipinski definition) is 1. The van der Waals surface area contributed by atoms with Crippen LogP contribution < -0.4 is 5.73 Å². The van der Waals surface area contributed by atoms with Gasteiger partial charge in [-0.25, -0.2) is 0 Å². The lowest BCUT2D eigenvalue weighted by Gasteiger charge is -2.03. The minimum atomic E-state index is 0.538. The number of hydrogen-bond acceptors (Lipinski definition) is 5. The molecule has 0 aliphatic carbocycles. The summed E-state index contributed by atoms with van der Waals surface area (Å²) in [5, 5.41) is 9.30. The molecule has 3 nitrogen and oxygen atoms in total. The standard InChI is InChI=1S/C11H13N3S2/c1-7-3-4-9(5-8(7)2)15-6-10-13-14-11(12)16-10/h3-5H,6H2,1-2H3,(H2,12,14). The van der Waals surface area contributed by atoms with Crippen molar-refractivity contribution in [3.8, 4) is 0 Å². The molecule has 0 saturated heterocycles. The van der Waals surface area contributed by atoms with Gasteiger partial charge in [0.1, 0.15) is 5.01 Å². The van der Waals surface area contributed by atoms with Gasteiger partial charge in [-0.2, -0.15) is 0 Å². The van der Waals surface area contributed by atoms with E-state index in [1.807, 2.05) is 0 Å². The Morgan fingerprint density at radius 2 is 2.06 bits per heavy atom. The van der Waals surface area contributed by atoms with Gasteiger partial charge in [-0.3, -0.25) is 0 Å². The van der Waals surface area contributed by atoms with Crippen LogP contribution in [-0.4, -0.2) is 10.2 Å². The number of anilines is 1. The first-order valence-electron chi connectivity index (χ1n) is 4.93. The minimum Gasteiger partial charge on any atom is -0.374 e. The van der Waals surface area contributed by atoms with Crippen molar-refractivity contribution in [2.75, 3.05) is 5.73 Å². The summed E-state index contributed by atoms with van der Waals surface area (Å²) >= 11 is 3.21. The molecule has 0 aliphatic heterocycles. The number of benzene rings is 1. The Morgan fingerprint density at radius 1 is 1.25 bits per heavy atom. The van der Waals surface area contributed by atoms with Crippen molar-refractivity contribution in [1.29, 1.82) is 0 Å². The highest BCUT2D eigenvalue weighted by Crippen LogP contribution is 2.26. The highest BCUT2D eigenvalue weighted by molar-refractivity contribution is 7.98. The van der Waals surface area contributed by atoms with Gasteiger partial charge in [0.15, 0.2) is 0 Å². The fourth-order valence-electron chi connectivity index (χ4n) is 1.27. The third-order valence-corrected chi connectivity index (χ3v) is 4.26. The lowest BCUT2D eigenvalue weighted by Crippen LogP contribution is -1.83. The molecule has 84 valence electrons. The summed E-state index contributed by atoms with van der Waals surface area (Å²) in [6, 6.07) is 6.48. The molecule has 0 fully saturated rings. The second-order valence-electron chi connectivity index (χ2n) is 3.57. The Balaban J connectivity index is 2.02. The van der Waals surface area contributed by atoms with Gasteiger partial charge in [-0.1, -0.05) is 17.4 Å². The Hall–Kier alpha value is -1.07. The van der Waals surface area contributed by atoms with Crippen LogP contribution >= 0.6 is 23.1 Å². The van der Waals surface area contributed by atoms with Crippen LogP contribution in [0.2, 0.25) is 0 Å². The van der Waals surface area contributed by atoms with E-state index in [0.717, 1.165) is 10.8 Å². The van der Waals surface area contributed by atoms with Crippen LogP contribution in [0.4, 0.5) is 5.13 Å². The number of nitrogen functional groups attached to an aromatic ring is 1. The topological polar surface area (TPSA) is 51.8 Å². The van der Waals surface area contributed by atoms with Crippen molar-refractivity contribution in [2.45, 2.75) is 24.5 Å². The number of nitrogens with zero attached hydrogens (tertiary/aromatic N) is 2. The van der Waals surface area contributed by atoms with Crippen LogP contribution in [0, 0.1) is 13.8 Å². The molecule has 0 saturated carbocycles. The van der Waals surface area contributed by atoms with E-state index in [-0.39, 0.29) is 0 Å². The normalized spacial score (nSPS) is 10.6. The molecule has 0 spiro atoms. The summed E-state index contributed by atoms with van der Waals surface area (Å²) in [5.74, 6) is 0.831. The van der Waals surface area contributed by atoms with E-state index < -0.39 is 0 Å². The summed E-state index contributed by atoms with van der Waals surface area (Å²) in [6.07, 6.45) is 0. The molecular formula is C11H13N3S2. The molecule has 2 aromatic rings. The first kappa shape index (κ1) is 11.4. The maximum atomic E-state index is 5.53. The van der Waals surface area contributed by atoms with E-state index in [1.165, 1.54) is 27.4 Å². The van der Waals surface area contributed by atoms with Crippen molar-refractivity contribution in [2.24, 2.45) is 0 Å². The average molecular weight is 251 g/mol. The summed E-state index contributed by atoms with van der Waals surface area (Å²) in [7, 11) is 0. The Kier molecular flexibility index (Phi) is 3.46. The summed E-state index contributed by atoms with van der Waals surface area (Å²) in [4.78, 5) is 1.26. The van der Waals surface area contributed by atoms with E-state index in [1.54, 1.807) is 11.8 Å². The molecule has 1 aromatic carbocycles. The van der Waals surface area contributed by atoms with Crippen LogP contribution in [0.1, 0.15) is 16.1 Å². The highest BCUT2D eigenvalue weighted by atomic mass is 32.2. The predicted molar refractivity (Wildman–Crippen MR) is 69.8 cm³/mol. The maximum Gasteiger partial charge on any atom is 0.203 e. The van der Waals surface area contributed by atoms with Crippen molar-refractivity contribution < 1.29 is 0 Å². The number of rotatable bonds is 3. The smallest absolute Gasteiger partial charge is 0.203 e. The Morgan fingerprint density at radius 3 is 2.69 bits per heavy atom. The van der Waals surface area contributed by atoms with E-state index in [0.29, 0.717) is 5.13 Å². The van der Waals surface area contributed by atoms with Crippen LogP contribution in [0.3, 0.4) is 0 Å². The number of aryl methyl sites for hydroxylation is 2. The minimum absolute atomic E-state index is 0.538. The van der Waals surface area contributed by atoms with Crippen LogP contribution in [0.15, 0.2) is 23.1 Å². The van der Waals surface area contributed by atoms with Crippen molar-refractivity contribution >= 4 is 28.2 Å². The maximum absolute atomic E-state index is 5.53. The largest absolute Gasteiger partial charge is 0.374 e. The van der Waals surface area contributed by atoms with Gasteiger partial charge in [-0.15, -0.1) is 22.0 Å². The third kappa shape index (κ3) is 2.74. The zero-order valence-electron chi connectivity index (χ0n) is 9.23. The first-order valence-corrected chi connectivity index (χ1v) is 6.73. The van der Waals surface area contributed by atoms with Crippen molar-refractivity contribution in [3.05, 3.63) is 34.3 Å². The fourth-order valence-corrected chi connectivity index (χ4v) is 2.86. The molecule has 1 heterocycles. The zero-order chi connectivity index (χ0) is 11.5. The number of thioether (sulfide) groups is 1. The van der Waals surface area contributed by atoms with E-state index in [4.69, 9.17) is 5.73 Å². The first-order chi connectivity index (χ1) is 7.65. The quantitative estimate of drug-likeness (QED) is 0.852. The molecule has 0 aliphatic rings. The average Bonchev–Trinajstić information content (AvgIpc) is 2.66. The molecule has 0 radical (unpaired) electrons. The van der Waals surface area contributed by atoms with E-state index in [9.17, 15) is 0 Å². The highest BCUT2D eigenvalue weighted by Gasteiger charge is 2.03. The van der Waals surface area contributed by atoms with Crippen LogP contribution in [0.5, 0.6) is 0 Å². The van der Waals surface area contributed by atoms with Crippen LogP contribution in [0.25, 0.3) is 0 Å². The number of aromatic nitrogens is 2. The van der Waals surface area contributed by atoms with Crippen molar-refractivity contribution in [3.63, 3.8) is 0 Å². The van der Waals surface area contributed by atoms with Gasteiger partial charge >= 0.3 is 0 Å². The van der Waals surface area contributed by atoms with E-state index >= 15 is 0 Å². The molecule has 1 aromatic heterocycles. The summed E-state index contributed by atoms with van der Waals surface area (Å²) < 4.78 is 0.